The lowest BCUT2D eigenvalue weighted by molar-refractivity contribution is -0.146. The zero-order chi connectivity index (χ0) is 23.9. The van der Waals surface area contributed by atoms with E-state index in [1.807, 2.05) is 6.92 Å². The Morgan fingerprint density at radius 3 is 2.44 bits per heavy atom. The molecule has 1 saturated carbocycles. The average Bonchev–Trinajstić information content (AvgIpc) is 2.74. The summed E-state index contributed by atoms with van der Waals surface area (Å²) in [5, 5.41) is 16.0. The van der Waals surface area contributed by atoms with E-state index in [1.165, 1.54) is 14.2 Å². The molecule has 1 aliphatic rings. The molecular weight excluding hydrogens is 414 g/mol. The van der Waals surface area contributed by atoms with E-state index < -0.39 is 24.1 Å². The van der Waals surface area contributed by atoms with Crippen LogP contribution >= 0.6 is 0 Å². The molecule has 0 aromatic heterocycles. The Hall–Kier alpha value is -2.90. The highest BCUT2D eigenvalue weighted by Gasteiger charge is 2.41. The second-order valence-corrected chi connectivity index (χ2v) is 9.48. The van der Waals surface area contributed by atoms with Crippen molar-refractivity contribution in [1.29, 1.82) is 0 Å². The molecule has 3 N–H and O–H groups in total. The number of esters is 1. The first-order valence-corrected chi connectivity index (χ1v) is 10.5. The van der Waals surface area contributed by atoms with Gasteiger partial charge < -0.3 is 25.2 Å². The molecular formula is C23H33N3O6. The van der Waals surface area contributed by atoms with Gasteiger partial charge in [0.15, 0.2) is 6.04 Å². The number of aliphatic imine (C=N–C) groups is 1. The number of amides is 2. The van der Waals surface area contributed by atoms with Gasteiger partial charge in [-0.25, -0.2) is 19.4 Å². The van der Waals surface area contributed by atoms with E-state index in [9.17, 15) is 19.5 Å². The summed E-state index contributed by atoms with van der Waals surface area (Å²) in [6.07, 6.45) is 2.59. The summed E-state index contributed by atoms with van der Waals surface area (Å²) >= 11 is 0. The molecule has 32 heavy (non-hydrogen) atoms. The molecule has 176 valence electrons. The lowest BCUT2D eigenvalue weighted by Gasteiger charge is -2.45. The number of nitrogens with zero attached hydrogens (tertiary/aromatic N) is 1. The molecule has 1 fully saturated rings. The van der Waals surface area contributed by atoms with Crippen molar-refractivity contribution in [1.82, 2.24) is 10.6 Å². The lowest BCUT2D eigenvalue weighted by Crippen LogP contribution is -2.52. The van der Waals surface area contributed by atoms with E-state index in [2.05, 4.69) is 29.5 Å². The number of carbonyl (C=O) groups excluding carboxylic acids is 3. The standard InChI is InChI=1S/C23H33N3O6/c1-22(2)10-16(25-14-27)11-23(3,12-22)13-24-21(30)26-18(20(29)32-5)19(28)15-6-8-17(31-4)9-7-15/h6-9,16,18-19,28H,10-13H2,1-5H3,(H2,24,26,30). The first kappa shape index (κ1) is 25.4. The normalized spacial score (nSPS) is 23.8. The van der Waals surface area contributed by atoms with Gasteiger partial charge in [0.05, 0.1) is 20.3 Å². The summed E-state index contributed by atoms with van der Waals surface area (Å²) in [5.74, 6) is -0.170. The van der Waals surface area contributed by atoms with E-state index in [1.54, 1.807) is 30.3 Å². The first-order valence-electron chi connectivity index (χ1n) is 10.5. The van der Waals surface area contributed by atoms with Crippen molar-refractivity contribution in [3.63, 3.8) is 0 Å². The minimum Gasteiger partial charge on any atom is -0.497 e. The second kappa shape index (κ2) is 10.6. The number of rotatable bonds is 8. The molecule has 4 atom stereocenters. The highest BCUT2D eigenvalue weighted by atomic mass is 16.5. The van der Waals surface area contributed by atoms with Crippen LogP contribution in [0.4, 0.5) is 4.79 Å². The summed E-state index contributed by atoms with van der Waals surface area (Å²) in [7, 11) is 2.71. The average molecular weight is 448 g/mol. The van der Waals surface area contributed by atoms with Crippen molar-refractivity contribution in [2.75, 3.05) is 20.8 Å². The van der Waals surface area contributed by atoms with E-state index in [4.69, 9.17) is 9.47 Å². The van der Waals surface area contributed by atoms with Gasteiger partial charge in [-0.2, -0.15) is 0 Å². The summed E-state index contributed by atoms with van der Waals surface area (Å²) < 4.78 is 9.87. The number of ether oxygens (including phenoxy) is 2. The topological polar surface area (TPSA) is 126 Å². The number of urea groups is 1. The summed E-state index contributed by atoms with van der Waals surface area (Å²) in [5.41, 5.74) is 0.0893. The van der Waals surface area contributed by atoms with Gasteiger partial charge in [-0.05, 0) is 47.8 Å². The predicted octanol–water partition coefficient (Wildman–Crippen LogP) is 2.49. The van der Waals surface area contributed by atoms with Gasteiger partial charge in [0.2, 0.25) is 6.08 Å². The van der Waals surface area contributed by atoms with Crippen molar-refractivity contribution >= 4 is 18.1 Å². The molecule has 9 heteroatoms. The molecule has 1 aromatic rings. The molecule has 0 bridgehead atoms. The fourth-order valence-corrected chi connectivity index (χ4v) is 4.75. The summed E-state index contributed by atoms with van der Waals surface area (Å²) in [6.45, 7) is 6.57. The zero-order valence-electron chi connectivity index (χ0n) is 19.3. The number of hydrogen-bond donors (Lipinski definition) is 3. The Morgan fingerprint density at radius 2 is 1.88 bits per heavy atom. The van der Waals surface area contributed by atoms with Gasteiger partial charge in [0, 0.05) is 6.54 Å². The quantitative estimate of drug-likeness (QED) is 0.319. The van der Waals surface area contributed by atoms with Crippen LogP contribution in [-0.2, 0) is 14.3 Å². The van der Waals surface area contributed by atoms with Crippen LogP contribution in [0.1, 0.15) is 51.7 Å². The summed E-state index contributed by atoms with van der Waals surface area (Å²) in [4.78, 5) is 39.5. The van der Waals surface area contributed by atoms with Crippen LogP contribution in [0.5, 0.6) is 5.75 Å². The molecule has 2 amide bonds. The van der Waals surface area contributed by atoms with Gasteiger partial charge in [-0.3, -0.25) is 0 Å². The van der Waals surface area contributed by atoms with Crippen molar-refractivity contribution in [3.8, 4) is 5.75 Å². The van der Waals surface area contributed by atoms with Crippen molar-refractivity contribution in [2.24, 2.45) is 15.8 Å². The monoisotopic (exact) mass is 447 g/mol. The highest BCUT2D eigenvalue weighted by Crippen LogP contribution is 2.46. The molecule has 0 saturated heterocycles. The number of aliphatic hydroxyl groups is 1. The third-order valence-electron chi connectivity index (χ3n) is 5.85. The Kier molecular flexibility index (Phi) is 8.41. The van der Waals surface area contributed by atoms with Crippen molar-refractivity contribution in [3.05, 3.63) is 29.8 Å². The Labute approximate surface area is 188 Å². The maximum absolute atomic E-state index is 12.6. The maximum atomic E-state index is 12.6. The molecule has 0 heterocycles. The smallest absolute Gasteiger partial charge is 0.331 e. The summed E-state index contributed by atoms with van der Waals surface area (Å²) in [6, 6.07) is 4.47. The second-order valence-electron chi connectivity index (χ2n) is 9.48. The van der Waals surface area contributed by atoms with Crippen molar-refractivity contribution < 1.29 is 29.0 Å². The SMILES string of the molecule is COC(=O)C(NC(=O)NCC1(C)CC(N=C=O)CC(C)(C)C1)C(O)c1ccc(OC)cc1. The Morgan fingerprint density at radius 1 is 1.22 bits per heavy atom. The van der Waals surface area contributed by atoms with Gasteiger partial charge in [-0.1, -0.05) is 32.9 Å². The van der Waals surface area contributed by atoms with E-state index in [0.29, 0.717) is 24.3 Å². The van der Waals surface area contributed by atoms with Gasteiger partial charge in [-0.15, -0.1) is 0 Å². The van der Waals surface area contributed by atoms with Gasteiger partial charge >= 0.3 is 12.0 Å². The van der Waals surface area contributed by atoms with Gasteiger partial charge in [0.25, 0.3) is 0 Å². The highest BCUT2D eigenvalue weighted by molar-refractivity contribution is 5.84. The number of aliphatic hydroxyl groups excluding tert-OH is 1. The molecule has 1 aliphatic carbocycles. The van der Waals surface area contributed by atoms with Crippen molar-refractivity contribution in [2.45, 2.75) is 58.2 Å². The molecule has 0 spiro atoms. The number of nitrogens with one attached hydrogen (secondary N) is 2. The fraction of sp³-hybridized carbons (Fsp3) is 0.609. The molecule has 4 unspecified atom stereocenters. The predicted molar refractivity (Wildman–Crippen MR) is 118 cm³/mol. The lowest BCUT2D eigenvalue weighted by atomic mass is 9.63. The largest absolute Gasteiger partial charge is 0.497 e. The first-order chi connectivity index (χ1) is 15.0. The molecule has 9 nitrogen and oxygen atoms in total. The molecule has 0 aliphatic heterocycles. The Balaban J connectivity index is 2.06. The van der Waals surface area contributed by atoms with E-state index >= 15 is 0 Å². The zero-order valence-corrected chi connectivity index (χ0v) is 19.3. The molecule has 1 aromatic carbocycles. The van der Waals surface area contributed by atoms with Crippen LogP contribution in [0.2, 0.25) is 0 Å². The maximum Gasteiger partial charge on any atom is 0.331 e. The molecule has 2 rings (SSSR count). The van der Waals surface area contributed by atoms with Crippen LogP contribution in [0.25, 0.3) is 0 Å². The molecule has 0 radical (unpaired) electrons. The number of carbonyl (C=O) groups is 2. The van der Waals surface area contributed by atoms with Crippen LogP contribution in [0.15, 0.2) is 29.3 Å². The third kappa shape index (κ3) is 6.80. The number of methoxy groups -OCH3 is 2. The van der Waals surface area contributed by atoms with Gasteiger partial charge in [0.1, 0.15) is 11.9 Å². The van der Waals surface area contributed by atoms with Crippen LogP contribution in [0, 0.1) is 10.8 Å². The number of isocyanates is 1. The van der Waals surface area contributed by atoms with E-state index in [-0.39, 0.29) is 16.9 Å². The van der Waals surface area contributed by atoms with Crippen LogP contribution in [-0.4, -0.2) is 56.0 Å². The number of hydrogen-bond acceptors (Lipinski definition) is 7. The minimum atomic E-state index is -1.31. The van der Waals surface area contributed by atoms with Crippen LogP contribution < -0.4 is 15.4 Å². The fourth-order valence-electron chi connectivity index (χ4n) is 4.75. The van der Waals surface area contributed by atoms with E-state index in [0.717, 1.165) is 12.8 Å². The number of benzene rings is 1. The minimum absolute atomic E-state index is 0.0463. The third-order valence-corrected chi connectivity index (χ3v) is 5.85. The van der Waals surface area contributed by atoms with Crippen LogP contribution in [0.3, 0.4) is 0 Å². The Bertz CT molecular complexity index is 850.